The van der Waals surface area contributed by atoms with Crippen LogP contribution in [0.4, 0.5) is 0 Å². The number of carbonyl (C=O) groups excluding carboxylic acids is 1. The lowest BCUT2D eigenvalue weighted by atomic mass is 10.1. The Bertz CT molecular complexity index is 631. The molecule has 3 rings (SSSR count). The van der Waals surface area contributed by atoms with E-state index in [4.69, 9.17) is 9.26 Å². The van der Waals surface area contributed by atoms with Gasteiger partial charge in [0.25, 0.3) is 5.91 Å². The molecule has 22 heavy (non-hydrogen) atoms. The number of nitrogens with one attached hydrogen (secondary N) is 1. The molecule has 0 saturated carbocycles. The Kier molecular flexibility index (Phi) is 4.48. The van der Waals surface area contributed by atoms with Crippen LogP contribution in [0.3, 0.4) is 0 Å². The summed E-state index contributed by atoms with van der Waals surface area (Å²) in [4.78, 5) is 16.9. The van der Waals surface area contributed by atoms with E-state index < -0.39 is 0 Å². The predicted octanol–water partition coefficient (Wildman–Crippen LogP) is 2.34. The van der Waals surface area contributed by atoms with Crippen molar-refractivity contribution < 1.29 is 14.1 Å². The van der Waals surface area contributed by atoms with Crippen LogP contribution in [-0.2, 0) is 4.74 Å². The molecule has 1 amide bonds. The number of hydrogen-bond acceptors (Lipinski definition) is 5. The summed E-state index contributed by atoms with van der Waals surface area (Å²) in [5.41, 5.74) is 1.58. The van der Waals surface area contributed by atoms with Crippen molar-refractivity contribution in [1.82, 2.24) is 15.5 Å². The summed E-state index contributed by atoms with van der Waals surface area (Å²) in [6.45, 7) is 3.18. The van der Waals surface area contributed by atoms with Crippen LogP contribution in [0.15, 0.2) is 28.9 Å². The van der Waals surface area contributed by atoms with E-state index in [0.717, 1.165) is 25.9 Å². The van der Waals surface area contributed by atoms with Crippen molar-refractivity contribution >= 4 is 5.91 Å². The van der Waals surface area contributed by atoms with Crippen LogP contribution >= 0.6 is 0 Å². The van der Waals surface area contributed by atoms with Crippen molar-refractivity contribution in [2.75, 3.05) is 13.2 Å². The monoisotopic (exact) mass is 301 g/mol. The SMILES string of the molecule is Cc1onc(-c2ccccn2)c1C(=O)NC1CCCOCC1. The summed E-state index contributed by atoms with van der Waals surface area (Å²) < 4.78 is 10.6. The van der Waals surface area contributed by atoms with Crippen LogP contribution in [0.5, 0.6) is 0 Å². The summed E-state index contributed by atoms with van der Waals surface area (Å²) >= 11 is 0. The van der Waals surface area contributed by atoms with Gasteiger partial charge in [-0.1, -0.05) is 11.2 Å². The Labute approximate surface area is 128 Å². The summed E-state index contributed by atoms with van der Waals surface area (Å²) in [6, 6.07) is 5.62. The van der Waals surface area contributed by atoms with E-state index in [2.05, 4.69) is 15.5 Å². The Morgan fingerprint density at radius 2 is 2.23 bits per heavy atom. The van der Waals surface area contributed by atoms with Crippen LogP contribution in [0.25, 0.3) is 11.4 Å². The van der Waals surface area contributed by atoms with Gasteiger partial charge >= 0.3 is 0 Å². The van der Waals surface area contributed by atoms with Gasteiger partial charge in [-0.25, -0.2) is 0 Å². The molecule has 0 radical (unpaired) electrons. The van der Waals surface area contributed by atoms with Crippen LogP contribution in [0.1, 0.15) is 35.4 Å². The zero-order chi connectivity index (χ0) is 15.4. The number of ether oxygens (including phenoxy) is 1. The largest absolute Gasteiger partial charge is 0.381 e. The Balaban J connectivity index is 1.82. The molecule has 0 bridgehead atoms. The van der Waals surface area contributed by atoms with E-state index >= 15 is 0 Å². The maximum Gasteiger partial charge on any atom is 0.257 e. The van der Waals surface area contributed by atoms with E-state index in [0.29, 0.717) is 29.3 Å². The highest BCUT2D eigenvalue weighted by Gasteiger charge is 2.24. The molecule has 2 aromatic rings. The van der Waals surface area contributed by atoms with Crippen LogP contribution in [-0.4, -0.2) is 35.3 Å². The molecule has 1 N–H and O–H groups in total. The first-order valence-corrected chi connectivity index (χ1v) is 7.52. The van der Waals surface area contributed by atoms with Crippen LogP contribution < -0.4 is 5.32 Å². The second-order valence-corrected chi connectivity index (χ2v) is 5.39. The van der Waals surface area contributed by atoms with Crippen LogP contribution in [0, 0.1) is 6.92 Å². The van der Waals surface area contributed by atoms with Crippen molar-refractivity contribution in [3.8, 4) is 11.4 Å². The predicted molar refractivity (Wildman–Crippen MR) is 80.4 cm³/mol. The average molecular weight is 301 g/mol. The topological polar surface area (TPSA) is 77.2 Å². The molecular weight excluding hydrogens is 282 g/mol. The van der Waals surface area contributed by atoms with Crippen LogP contribution in [0.2, 0.25) is 0 Å². The fourth-order valence-corrected chi connectivity index (χ4v) is 2.62. The van der Waals surface area contributed by atoms with Gasteiger partial charge in [0.05, 0.1) is 5.69 Å². The molecule has 116 valence electrons. The maximum absolute atomic E-state index is 12.6. The normalized spacial score (nSPS) is 18.7. The van der Waals surface area contributed by atoms with E-state index in [1.807, 2.05) is 18.2 Å². The van der Waals surface area contributed by atoms with Gasteiger partial charge in [-0.3, -0.25) is 9.78 Å². The molecule has 6 nitrogen and oxygen atoms in total. The number of rotatable bonds is 3. The van der Waals surface area contributed by atoms with Crippen molar-refractivity contribution in [2.24, 2.45) is 0 Å². The molecule has 6 heteroatoms. The van der Waals surface area contributed by atoms with E-state index in [-0.39, 0.29) is 11.9 Å². The number of nitrogens with zero attached hydrogens (tertiary/aromatic N) is 2. The number of carbonyl (C=O) groups is 1. The average Bonchev–Trinajstić information content (AvgIpc) is 2.75. The fraction of sp³-hybridized carbons (Fsp3) is 0.438. The number of aryl methyl sites for hydroxylation is 1. The van der Waals surface area contributed by atoms with Gasteiger partial charge in [0.2, 0.25) is 0 Å². The lowest BCUT2D eigenvalue weighted by molar-refractivity contribution is 0.0928. The third-order valence-corrected chi connectivity index (χ3v) is 3.78. The molecule has 0 aliphatic carbocycles. The number of amides is 1. The molecule has 0 spiro atoms. The second kappa shape index (κ2) is 6.70. The molecule has 1 atom stereocenters. The zero-order valence-corrected chi connectivity index (χ0v) is 12.5. The van der Waals surface area contributed by atoms with E-state index in [9.17, 15) is 4.79 Å². The van der Waals surface area contributed by atoms with Crippen molar-refractivity contribution in [3.05, 3.63) is 35.7 Å². The van der Waals surface area contributed by atoms with Gasteiger partial charge in [-0.2, -0.15) is 0 Å². The molecule has 1 fully saturated rings. The maximum atomic E-state index is 12.6. The highest BCUT2D eigenvalue weighted by atomic mass is 16.5. The molecule has 3 heterocycles. The zero-order valence-electron chi connectivity index (χ0n) is 12.5. The lowest BCUT2D eigenvalue weighted by Crippen LogP contribution is -2.35. The Morgan fingerprint density at radius 3 is 3.05 bits per heavy atom. The second-order valence-electron chi connectivity index (χ2n) is 5.39. The molecule has 1 aliphatic rings. The van der Waals surface area contributed by atoms with Crippen molar-refractivity contribution in [2.45, 2.75) is 32.2 Å². The summed E-state index contributed by atoms with van der Waals surface area (Å²) in [6.07, 6.45) is 4.38. The summed E-state index contributed by atoms with van der Waals surface area (Å²) in [7, 11) is 0. The highest BCUT2D eigenvalue weighted by molar-refractivity contribution is 6.00. The van der Waals surface area contributed by atoms with Gasteiger partial charge in [-0.05, 0) is 38.3 Å². The Hall–Kier alpha value is -2.21. The molecule has 1 saturated heterocycles. The molecule has 1 unspecified atom stereocenters. The summed E-state index contributed by atoms with van der Waals surface area (Å²) in [5, 5.41) is 7.06. The minimum Gasteiger partial charge on any atom is -0.381 e. The number of aromatic nitrogens is 2. The third-order valence-electron chi connectivity index (χ3n) is 3.78. The first-order valence-electron chi connectivity index (χ1n) is 7.52. The first kappa shape index (κ1) is 14.7. The van der Waals surface area contributed by atoms with Gasteiger partial charge < -0.3 is 14.6 Å². The fourth-order valence-electron chi connectivity index (χ4n) is 2.62. The molecule has 0 aromatic carbocycles. The first-order chi connectivity index (χ1) is 10.8. The smallest absolute Gasteiger partial charge is 0.257 e. The number of pyridine rings is 1. The molecule has 2 aromatic heterocycles. The highest BCUT2D eigenvalue weighted by Crippen LogP contribution is 2.23. The van der Waals surface area contributed by atoms with Crippen molar-refractivity contribution in [1.29, 1.82) is 0 Å². The van der Waals surface area contributed by atoms with Gasteiger partial charge in [0.15, 0.2) is 0 Å². The van der Waals surface area contributed by atoms with Crippen molar-refractivity contribution in [3.63, 3.8) is 0 Å². The third kappa shape index (κ3) is 3.17. The van der Waals surface area contributed by atoms with Gasteiger partial charge in [0, 0.05) is 25.5 Å². The van der Waals surface area contributed by atoms with E-state index in [1.54, 1.807) is 13.1 Å². The minimum absolute atomic E-state index is 0.126. The van der Waals surface area contributed by atoms with Gasteiger partial charge in [-0.15, -0.1) is 0 Å². The van der Waals surface area contributed by atoms with E-state index in [1.165, 1.54) is 0 Å². The Morgan fingerprint density at radius 1 is 1.32 bits per heavy atom. The van der Waals surface area contributed by atoms with Gasteiger partial charge in [0.1, 0.15) is 17.0 Å². The lowest BCUT2D eigenvalue weighted by Gasteiger charge is -2.15. The summed E-state index contributed by atoms with van der Waals surface area (Å²) in [5.74, 6) is 0.342. The standard InChI is InChI=1S/C16H19N3O3/c1-11-14(15(19-22-11)13-6-2-3-8-17-13)16(20)18-12-5-4-9-21-10-7-12/h2-3,6,8,12H,4-5,7,9-10H2,1H3,(H,18,20). The minimum atomic E-state index is -0.161. The molecular formula is C16H19N3O3. The number of hydrogen-bond donors (Lipinski definition) is 1. The molecule has 1 aliphatic heterocycles. The quantitative estimate of drug-likeness (QED) is 0.941.